The Morgan fingerprint density at radius 3 is 2.94 bits per heavy atom. The van der Waals surface area contributed by atoms with E-state index in [4.69, 9.17) is 14.2 Å². The van der Waals surface area contributed by atoms with Gasteiger partial charge >= 0.3 is 5.97 Å². The van der Waals surface area contributed by atoms with Gasteiger partial charge < -0.3 is 14.2 Å². The SMILES string of the molecule is CCOC(=O)CSCc1cccc(OCOC)c1. The highest BCUT2D eigenvalue weighted by atomic mass is 32.2. The molecular formula is C13H18O4S. The van der Waals surface area contributed by atoms with E-state index in [1.165, 1.54) is 11.8 Å². The molecule has 0 heterocycles. The van der Waals surface area contributed by atoms with E-state index in [9.17, 15) is 4.79 Å². The fraction of sp³-hybridized carbons (Fsp3) is 0.462. The number of ether oxygens (including phenoxy) is 3. The van der Waals surface area contributed by atoms with Gasteiger partial charge in [-0.2, -0.15) is 0 Å². The second kappa shape index (κ2) is 8.83. The monoisotopic (exact) mass is 270 g/mol. The summed E-state index contributed by atoms with van der Waals surface area (Å²) >= 11 is 1.53. The van der Waals surface area contributed by atoms with Crippen LogP contribution < -0.4 is 4.74 Å². The molecular weight excluding hydrogens is 252 g/mol. The van der Waals surface area contributed by atoms with Gasteiger partial charge in [-0.25, -0.2) is 0 Å². The fourth-order valence-corrected chi connectivity index (χ4v) is 2.07. The summed E-state index contributed by atoms with van der Waals surface area (Å²) < 4.78 is 15.0. The molecule has 18 heavy (non-hydrogen) atoms. The minimum atomic E-state index is -0.172. The lowest BCUT2D eigenvalue weighted by Gasteiger charge is -2.07. The zero-order chi connectivity index (χ0) is 13.2. The Morgan fingerprint density at radius 1 is 1.39 bits per heavy atom. The quantitative estimate of drug-likeness (QED) is 0.536. The molecule has 0 amide bonds. The Hall–Kier alpha value is -1.20. The lowest BCUT2D eigenvalue weighted by atomic mass is 10.2. The van der Waals surface area contributed by atoms with E-state index in [1.54, 1.807) is 14.0 Å². The molecule has 0 saturated heterocycles. The lowest BCUT2D eigenvalue weighted by Crippen LogP contribution is -2.06. The van der Waals surface area contributed by atoms with Crippen molar-refractivity contribution in [3.8, 4) is 5.75 Å². The summed E-state index contributed by atoms with van der Waals surface area (Å²) in [6, 6.07) is 7.73. The largest absolute Gasteiger partial charge is 0.468 e. The van der Waals surface area contributed by atoms with Gasteiger partial charge in [0.15, 0.2) is 6.79 Å². The number of carbonyl (C=O) groups excluding carboxylic acids is 1. The maximum absolute atomic E-state index is 11.2. The van der Waals surface area contributed by atoms with Crippen LogP contribution in [0.15, 0.2) is 24.3 Å². The van der Waals surface area contributed by atoms with Crippen LogP contribution in [0.3, 0.4) is 0 Å². The van der Waals surface area contributed by atoms with Crippen molar-refractivity contribution < 1.29 is 19.0 Å². The summed E-state index contributed by atoms with van der Waals surface area (Å²) in [6.07, 6.45) is 0. The first-order chi connectivity index (χ1) is 8.76. The van der Waals surface area contributed by atoms with Crippen LogP contribution in [0.5, 0.6) is 5.75 Å². The number of rotatable bonds is 8. The fourth-order valence-electron chi connectivity index (χ4n) is 1.31. The third kappa shape index (κ3) is 5.93. The molecule has 1 aromatic rings. The van der Waals surface area contributed by atoms with Crippen molar-refractivity contribution in [1.29, 1.82) is 0 Å². The smallest absolute Gasteiger partial charge is 0.315 e. The molecule has 0 fully saturated rings. The minimum absolute atomic E-state index is 0.172. The molecule has 100 valence electrons. The standard InChI is InChI=1S/C13H18O4S/c1-3-16-13(14)9-18-8-11-5-4-6-12(7-11)17-10-15-2/h4-7H,3,8-10H2,1-2H3. The van der Waals surface area contributed by atoms with Crippen LogP contribution in [0, 0.1) is 0 Å². The molecule has 0 aliphatic rings. The van der Waals surface area contributed by atoms with Crippen molar-refractivity contribution in [2.75, 3.05) is 26.3 Å². The predicted octanol–water partition coefficient (Wildman–Crippen LogP) is 2.47. The van der Waals surface area contributed by atoms with Crippen molar-refractivity contribution in [3.63, 3.8) is 0 Å². The maximum Gasteiger partial charge on any atom is 0.315 e. The van der Waals surface area contributed by atoms with E-state index < -0.39 is 0 Å². The summed E-state index contributed by atoms with van der Waals surface area (Å²) in [5.41, 5.74) is 1.11. The maximum atomic E-state index is 11.2. The molecule has 4 nitrogen and oxygen atoms in total. The number of carbonyl (C=O) groups is 1. The summed E-state index contributed by atoms with van der Waals surface area (Å²) in [6.45, 7) is 2.47. The summed E-state index contributed by atoms with van der Waals surface area (Å²) in [5, 5.41) is 0. The average molecular weight is 270 g/mol. The molecule has 0 spiro atoms. The number of hydrogen-bond acceptors (Lipinski definition) is 5. The Labute approximate surface area is 112 Å². The normalized spacial score (nSPS) is 10.1. The zero-order valence-electron chi connectivity index (χ0n) is 10.7. The van der Waals surface area contributed by atoms with Gasteiger partial charge in [-0.05, 0) is 24.6 Å². The molecule has 0 aliphatic carbocycles. The molecule has 0 atom stereocenters. The number of thioether (sulfide) groups is 1. The Morgan fingerprint density at radius 2 is 2.22 bits per heavy atom. The van der Waals surface area contributed by atoms with E-state index in [1.807, 2.05) is 24.3 Å². The highest BCUT2D eigenvalue weighted by molar-refractivity contribution is 7.99. The van der Waals surface area contributed by atoms with Crippen molar-refractivity contribution in [3.05, 3.63) is 29.8 Å². The van der Waals surface area contributed by atoms with E-state index in [-0.39, 0.29) is 12.8 Å². The number of hydrogen-bond donors (Lipinski definition) is 0. The van der Waals surface area contributed by atoms with Gasteiger partial charge in [0.25, 0.3) is 0 Å². The topological polar surface area (TPSA) is 44.8 Å². The van der Waals surface area contributed by atoms with Gasteiger partial charge in [-0.15, -0.1) is 11.8 Å². The molecule has 0 aromatic heterocycles. The average Bonchev–Trinajstić information content (AvgIpc) is 2.37. The molecule has 0 radical (unpaired) electrons. The molecule has 5 heteroatoms. The highest BCUT2D eigenvalue weighted by Gasteiger charge is 2.03. The molecule has 0 N–H and O–H groups in total. The van der Waals surface area contributed by atoms with Crippen molar-refractivity contribution in [2.45, 2.75) is 12.7 Å². The number of benzene rings is 1. The lowest BCUT2D eigenvalue weighted by molar-refractivity contribution is -0.139. The Balaban J connectivity index is 2.35. The van der Waals surface area contributed by atoms with Crippen molar-refractivity contribution in [1.82, 2.24) is 0 Å². The van der Waals surface area contributed by atoms with Crippen molar-refractivity contribution in [2.24, 2.45) is 0 Å². The highest BCUT2D eigenvalue weighted by Crippen LogP contribution is 2.18. The Bertz CT molecular complexity index is 368. The third-order valence-electron chi connectivity index (χ3n) is 2.04. The van der Waals surface area contributed by atoms with Crippen LogP contribution in [0.2, 0.25) is 0 Å². The Kier molecular flexibility index (Phi) is 7.29. The van der Waals surface area contributed by atoms with Gasteiger partial charge in [0.1, 0.15) is 5.75 Å². The van der Waals surface area contributed by atoms with E-state index in [2.05, 4.69) is 0 Å². The minimum Gasteiger partial charge on any atom is -0.468 e. The van der Waals surface area contributed by atoms with Crippen LogP contribution >= 0.6 is 11.8 Å². The van der Waals surface area contributed by atoms with Gasteiger partial charge in [0.2, 0.25) is 0 Å². The summed E-state index contributed by atoms with van der Waals surface area (Å²) in [4.78, 5) is 11.2. The van der Waals surface area contributed by atoms with Gasteiger partial charge in [0, 0.05) is 12.9 Å². The zero-order valence-corrected chi connectivity index (χ0v) is 11.5. The van der Waals surface area contributed by atoms with Crippen LogP contribution in [0.1, 0.15) is 12.5 Å². The number of methoxy groups -OCH3 is 1. The first-order valence-corrected chi connectivity index (χ1v) is 6.85. The van der Waals surface area contributed by atoms with Crippen LogP contribution in [-0.2, 0) is 20.0 Å². The second-order valence-electron chi connectivity index (χ2n) is 3.50. The molecule has 0 saturated carbocycles. The van der Waals surface area contributed by atoms with E-state index >= 15 is 0 Å². The molecule has 0 aliphatic heterocycles. The first-order valence-electron chi connectivity index (χ1n) is 5.70. The van der Waals surface area contributed by atoms with Gasteiger partial charge in [-0.1, -0.05) is 12.1 Å². The van der Waals surface area contributed by atoms with E-state index in [0.717, 1.165) is 17.1 Å². The molecule has 1 aromatic carbocycles. The predicted molar refractivity (Wildman–Crippen MR) is 71.7 cm³/mol. The van der Waals surface area contributed by atoms with Crippen molar-refractivity contribution >= 4 is 17.7 Å². The number of esters is 1. The van der Waals surface area contributed by atoms with Crippen LogP contribution in [0.4, 0.5) is 0 Å². The summed E-state index contributed by atoms with van der Waals surface area (Å²) in [5.74, 6) is 1.72. The van der Waals surface area contributed by atoms with Crippen LogP contribution in [0.25, 0.3) is 0 Å². The van der Waals surface area contributed by atoms with E-state index in [0.29, 0.717) is 12.4 Å². The molecule has 0 unspecified atom stereocenters. The van der Waals surface area contributed by atoms with Gasteiger partial charge in [-0.3, -0.25) is 4.79 Å². The first kappa shape index (κ1) is 14.9. The summed E-state index contributed by atoms with van der Waals surface area (Å²) in [7, 11) is 1.58. The molecule has 0 bridgehead atoms. The second-order valence-corrected chi connectivity index (χ2v) is 4.48. The van der Waals surface area contributed by atoms with Gasteiger partial charge in [0.05, 0.1) is 12.4 Å². The van der Waals surface area contributed by atoms with Crippen LogP contribution in [-0.4, -0.2) is 32.2 Å². The third-order valence-corrected chi connectivity index (χ3v) is 3.01. The molecule has 1 rings (SSSR count).